The number of fused-ring (bicyclic) bond motifs is 1. The van der Waals surface area contributed by atoms with Crippen molar-refractivity contribution in [1.29, 1.82) is 0 Å². The van der Waals surface area contributed by atoms with E-state index in [1.54, 1.807) is 18.2 Å². The lowest BCUT2D eigenvalue weighted by Crippen LogP contribution is -2.28. The molecule has 0 aliphatic heterocycles. The molecule has 0 atom stereocenters. The van der Waals surface area contributed by atoms with Crippen molar-refractivity contribution in [3.63, 3.8) is 0 Å². The summed E-state index contributed by atoms with van der Waals surface area (Å²) in [6.45, 7) is 5.25. The van der Waals surface area contributed by atoms with Crippen LogP contribution in [0.1, 0.15) is 65.2 Å². The van der Waals surface area contributed by atoms with Gasteiger partial charge in [-0.2, -0.15) is 0 Å². The SMILES string of the molecule is CCCCCCNC(=O)Oc1c(OC)c(OC)c(OC(=O)NCCCCCC)c2cc(Cl)ccc12. The monoisotopic (exact) mass is 508 g/mol. The molecular formula is C26H37ClN2O6. The van der Waals surface area contributed by atoms with Crippen LogP contribution in [0.2, 0.25) is 5.02 Å². The van der Waals surface area contributed by atoms with Gasteiger partial charge in [-0.1, -0.05) is 64.0 Å². The third-order valence-corrected chi connectivity index (χ3v) is 5.72. The maximum absolute atomic E-state index is 12.5. The molecule has 0 saturated heterocycles. The number of nitrogens with one attached hydrogen (secondary N) is 2. The van der Waals surface area contributed by atoms with E-state index in [2.05, 4.69) is 24.5 Å². The van der Waals surface area contributed by atoms with Crippen LogP contribution >= 0.6 is 11.6 Å². The smallest absolute Gasteiger partial charge is 0.412 e. The van der Waals surface area contributed by atoms with Crippen molar-refractivity contribution in [2.75, 3.05) is 27.3 Å². The van der Waals surface area contributed by atoms with Gasteiger partial charge in [0.15, 0.2) is 11.5 Å². The lowest BCUT2D eigenvalue weighted by Gasteiger charge is -2.20. The summed E-state index contributed by atoms with van der Waals surface area (Å²) in [6, 6.07) is 4.96. The van der Waals surface area contributed by atoms with Crippen LogP contribution in [0.4, 0.5) is 9.59 Å². The van der Waals surface area contributed by atoms with Crippen molar-refractivity contribution in [3.05, 3.63) is 23.2 Å². The van der Waals surface area contributed by atoms with Crippen molar-refractivity contribution < 1.29 is 28.5 Å². The number of methoxy groups -OCH3 is 2. The Bertz CT molecular complexity index is 982. The zero-order valence-corrected chi connectivity index (χ0v) is 21.9. The molecule has 9 heteroatoms. The van der Waals surface area contributed by atoms with Gasteiger partial charge in [0.05, 0.1) is 14.2 Å². The number of amides is 2. The minimum atomic E-state index is -0.624. The minimum absolute atomic E-state index is 0.120. The molecule has 35 heavy (non-hydrogen) atoms. The predicted molar refractivity (Wildman–Crippen MR) is 138 cm³/mol. The topological polar surface area (TPSA) is 95.1 Å². The molecule has 0 spiro atoms. The van der Waals surface area contributed by atoms with Crippen LogP contribution in [0.5, 0.6) is 23.0 Å². The highest BCUT2D eigenvalue weighted by Gasteiger charge is 2.27. The van der Waals surface area contributed by atoms with Crippen LogP contribution in [0.15, 0.2) is 18.2 Å². The van der Waals surface area contributed by atoms with E-state index in [1.165, 1.54) is 14.2 Å². The molecule has 0 aliphatic rings. The van der Waals surface area contributed by atoms with Crippen LogP contribution in [0.3, 0.4) is 0 Å². The van der Waals surface area contributed by atoms with Crippen molar-refractivity contribution >= 4 is 34.6 Å². The fourth-order valence-electron chi connectivity index (χ4n) is 3.67. The summed E-state index contributed by atoms with van der Waals surface area (Å²) in [5, 5.41) is 6.87. The molecule has 0 aromatic heterocycles. The van der Waals surface area contributed by atoms with E-state index in [0.29, 0.717) is 28.9 Å². The molecule has 2 aromatic carbocycles. The fraction of sp³-hybridized carbons (Fsp3) is 0.538. The molecule has 0 bridgehead atoms. The first-order valence-electron chi connectivity index (χ1n) is 12.2. The van der Waals surface area contributed by atoms with Gasteiger partial charge in [0.2, 0.25) is 11.5 Å². The van der Waals surface area contributed by atoms with E-state index in [0.717, 1.165) is 51.4 Å². The van der Waals surface area contributed by atoms with Gasteiger partial charge >= 0.3 is 12.2 Å². The molecule has 0 heterocycles. The zero-order chi connectivity index (χ0) is 25.6. The molecular weight excluding hydrogens is 472 g/mol. The van der Waals surface area contributed by atoms with Crippen molar-refractivity contribution in [2.24, 2.45) is 0 Å². The first kappa shape index (κ1) is 28.4. The summed E-state index contributed by atoms with van der Waals surface area (Å²) in [7, 11) is 2.84. The lowest BCUT2D eigenvalue weighted by molar-refractivity contribution is 0.194. The number of benzene rings is 2. The molecule has 0 fully saturated rings. The van der Waals surface area contributed by atoms with Crippen LogP contribution in [0, 0.1) is 0 Å². The summed E-state index contributed by atoms with van der Waals surface area (Å²) in [5.41, 5.74) is 0. The average Bonchev–Trinajstić information content (AvgIpc) is 2.84. The van der Waals surface area contributed by atoms with Gasteiger partial charge < -0.3 is 29.6 Å². The minimum Gasteiger partial charge on any atom is -0.490 e. The molecule has 2 aromatic rings. The second-order valence-corrected chi connectivity index (χ2v) is 8.60. The zero-order valence-electron chi connectivity index (χ0n) is 21.1. The predicted octanol–water partition coefficient (Wildman–Crippen LogP) is 6.85. The van der Waals surface area contributed by atoms with Crippen LogP contribution in [0.25, 0.3) is 10.8 Å². The van der Waals surface area contributed by atoms with Gasteiger partial charge in [0.1, 0.15) is 0 Å². The van der Waals surface area contributed by atoms with E-state index in [4.69, 9.17) is 30.5 Å². The first-order valence-corrected chi connectivity index (χ1v) is 12.6. The fourth-order valence-corrected chi connectivity index (χ4v) is 3.84. The van der Waals surface area contributed by atoms with Crippen LogP contribution in [-0.2, 0) is 0 Å². The molecule has 8 nitrogen and oxygen atoms in total. The third kappa shape index (κ3) is 8.38. The quantitative estimate of drug-likeness (QED) is 0.271. The Balaban J connectivity index is 2.33. The average molecular weight is 509 g/mol. The Labute approximate surface area is 212 Å². The van der Waals surface area contributed by atoms with E-state index in [9.17, 15) is 9.59 Å². The van der Waals surface area contributed by atoms with Crippen LogP contribution < -0.4 is 29.6 Å². The second kappa shape index (κ2) is 15.2. The number of unbranched alkanes of at least 4 members (excludes halogenated alkanes) is 6. The third-order valence-electron chi connectivity index (χ3n) is 5.49. The van der Waals surface area contributed by atoms with E-state index in [-0.39, 0.29) is 23.0 Å². The molecule has 2 N–H and O–H groups in total. The summed E-state index contributed by atoms with van der Waals surface area (Å²) in [6.07, 6.45) is 6.98. The summed E-state index contributed by atoms with van der Waals surface area (Å²) in [4.78, 5) is 25.1. The molecule has 0 unspecified atom stereocenters. The number of hydrogen-bond acceptors (Lipinski definition) is 6. The number of ether oxygens (including phenoxy) is 4. The van der Waals surface area contributed by atoms with Gasteiger partial charge in [-0.15, -0.1) is 0 Å². The van der Waals surface area contributed by atoms with E-state index < -0.39 is 12.2 Å². The number of carbonyl (C=O) groups excluding carboxylic acids is 2. The summed E-state index contributed by atoms with van der Waals surface area (Å²) >= 11 is 6.25. The van der Waals surface area contributed by atoms with Gasteiger partial charge in [-0.3, -0.25) is 0 Å². The van der Waals surface area contributed by atoms with Gasteiger partial charge in [0, 0.05) is 28.9 Å². The Hall–Kier alpha value is -2.87. The lowest BCUT2D eigenvalue weighted by atomic mass is 10.1. The molecule has 0 aliphatic carbocycles. The maximum atomic E-state index is 12.5. The van der Waals surface area contributed by atoms with Crippen molar-refractivity contribution in [3.8, 4) is 23.0 Å². The van der Waals surface area contributed by atoms with Crippen molar-refractivity contribution in [1.82, 2.24) is 10.6 Å². The highest BCUT2D eigenvalue weighted by atomic mass is 35.5. The van der Waals surface area contributed by atoms with E-state index in [1.807, 2.05) is 0 Å². The molecule has 194 valence electrons. The molecule has 0 radical (unpaired) electrons. The molecule has 2 rings (SSSR count). The number of halogens is 1. The normalized spacial score (nSPS) is 10.7. The highest BCUT2D eigenvalue weighted by Crippen LogP contribution is 2.51. The Kier molecular flexibility index (Phi) is 12.3. The van der Waals surface area contributed by atoms with Gasteiger partial charge in [-0.05, 0) is 31.0 Å². The largest absolute Gasteiger partial charge is 0.490 e. The standard InChI is InChI=1S/C26H37ClN2O6/c1-5-7-9-11-15-28-25(30)34-21-19-14-13-18(27)17-20(19)22(24(33-4)23(21)32-3)35-26(31)29-16-12-10-8-6-2/h13-14,17H,5-12,15-16H2,1-4H3,(H,28,30)(H,29,31). The summed E-state index contributed by atoms with van der Waals surface area (Å²) < 4.78 is 22.4. The Morgan fingerprint density at radius 3 is 1.66 bits per heavy atom. The van der Waals surface area contributed by atoms with Gasteiger partial charge in [-0.25, -0.2) is 9.59 Å². The van der Waals surface area contributed by atoms with Gasteiger partial charge in [0.25, 0.3) is 0 Å². The second-order valence-electron chi connectivity index (χ2n) is 8.17. The number of carbonyl (C=O) groups is 2. The number of rotatable bonds is 14. The molecule has 2 amide bonds. The number of hydrogen-bond donors (Lipinski definition) is 2. The Morgan fingerprint density at radius 1 is 0.714 bits per heavy atom. The van der Waals surface area contributed by atoms with Crippen molar-refractivity contribution in [2.45, 2.75) is 65.2 Å². The van der Waals surface area contributed by atoms with Crippen LogP contribution in [-0.4, -0.2) is 39.5 Å². The molecule has 0 saturated carbocycles. The maximum Gasteiger partial charge on any atom is 0.412 e. The summed E-state index contributed by atoms with van der Waals surface area (Å²) in [5.74, 6) is 0.526. The highest BCUT2D eigenvalue weighted by molar-refractivity contribution is 6.31. The Morgan fingerprint density at radius 2 is 1.20 bits per heavy atom. The first-order chi connectivity index (χ1) is 17.0. The van der Waals surface area contributed by atoms with E-state index >= 15 is 0 Å².